The molecule has 1 amide bonds. The van der Waals surface area contributed by atoms with Gasteiger partial charge in [-0.05, 0) is 76.1 Å². The Morgan fingerprint density at radius 2 is 1.72 bits per heavy atom. The third kappa shape index (κ3) is 4.09. The molecule has 0 unspecified atom stereocenters. The molecule has 0 saturated carbocycles. The van der Waals surface area contributed by atoms with Gasteiger partial charge in [-0.25, -0.2) is 0 Å². The first-order chi connectivity index (χ1) is 12.0. The third-order valence-corrected chi connectivity index (χ3v) is 5.38. The molecule has 1 aromatic carbocycles. The number of amidine groups is 1. The minimum Gasteiger partial charge on any atom is -0.372 e. The maximum absolute atomic E-state index is 12.8. The molecule has 3 rings (SSSR count). The van der Waals surface area contributed by atoms with Crippen LogP contribution in [0.25, 0.3) is 6.08 Å². The highest BCUT2D eigenvalue weighted by molar-refractivity contribution is 8.18. The summed E-state index contributed by atoms with van der Waals surface area (Å²) in [4.78, 5) is 22.4. The number of hydrogen-bond acceptors (Lipinski definition) is 4. The number of thioether (sulfide) groups is 1. The molecule has 0 atom stereocenters. The van der Waals surface area contributed by atoms with Gasteiger partial charge in [-0.2, -0.15) is 0 Å². The summed E-state index contributed by atoms with van der Waals surface area (Å²) >= 11 is 1.48. The van der Waals surface area contributed by atoms with E-state index in [9.17, 15) is 4.79 Å². The zero-order chi connectivity index (χ0) is 18.0. The second kappa shape index (κ2) is 7.65. The molecular weight excluding hydrogens is 330 g/mol. The van der Waals surface area contributed by atoms with E-state index < -0.39 is 0 Å². The van der Waals surface area contributed by atoms with Crippen molar-refractivity contribution >= 4 is 34.6 Å². The molecule has 4 nitrogen and oxygen atoms in total. The van der Waals surface area contributed by atoms with Crippen LogP contribution in [0.1, 0.15) is 46.1 Å². The fourth-order valence-electron chi connectivity index (χ4n) is 3.16. The van der Waals surface area contributed by atoms with Crippen molar-refractivity contribution in [3.63, 3.8) is 0 Å². The Balaban J connectivity index is 1.81. The predicted octanol–water partition coefficient (Wildman–Crippen LogP) is 4.38. The van der Waals surface area contributed by atoms with Crippen molar-refractivity contribution in [3.05, 3.63) is 34.7 Å². The van der Waals surface area contributed by atoms with Gasteiger partial charge in [0.05, 0.1) is 4.91 Å². The average molecular weight is 358 g/mol. The van der Waals surface area contributed by atoms with Crippen molar-refractivity contribution in [1.82, 2.24) is 4.90 Å². The van der Waals surface area contributed by atoms with E-state index in [1.54, 1.807) is 4.90 Å². The van der Waals surface area contributed by atoms with Gasteiger partial charge in [0.1, 0.15) is 0 Å². The first-order valence-corrected chi connectivity index (χ1v) is 9.93. The summed E-state index contributed by atoms with van der Waals surface area (Å²) in [5, 5.41) is 0.815. The predicted molar refractivity (Wildman–Crippen MR) is 108 cm³/mol. The first-order valence-electron chi connectivity index (χ1n) is 9.11. The summed E-state index contributed by atoms with van der Waals surface area (Å²) in [6.45, 7) is 10.4. The van der Waals surface area contributed by atoms with Gasteiger partial charge in [0.2, 0.25) is 0 Å². The van der Waals surface area contributed by atoms with Crippen LogP contribution in [0.5, 0.6) is 0 Å². The molecule has 2 fully saturated rings. The number of amides is 1. The maximum atomic E-state index is 12.8. The van der Waals surface area contributed by atoms with Gasteiger partial charge in [0, 0.05) is 30.9 Å². The molecule has 2 heterocycles. The minimum atomic E-state index is 0.0584. The molecular formula is C20H27N3OS. The number of rotatable bonds is 4. The van der Waals surface area contributed by atoms with E-state index >= 15 is 0 Å². The Hall–Kier alpha value is -1.75. The maximum Gasteiger partial charge on any atom is 0.266 e. The van der Waals surface area contributed by atoms with E-state index in [-0.39, 0.29) is 18.0 Å². The summed E-state index contributed by atoms with van der Waals surface area (Å²) in [5.74, 6) is 0.0584. The van der Waals surface area contributed by atoms with Gasteiger partial charge < -0.3 is 4.90 Å². The van der Waals surface area contributed by atoms with Crippen molar-refractivity contribution in [1.29, 1.82) is 0 Å². The van der Waals surface area contributed by atoms with Crippen LogP contribution in [0, 0.1) is 0 Å². The minimum absolute atomic E-state index is 0.0584. The molecule has 25 heavy (non-hydrogen) atoms. The lowest BCUT2D eigenvalue weighted by molar-refractivity contribution is -0.123. The summed E-state index contributed by atoms with van der Waals surface area (Å²) in [7, 11) is 0. The van der Waals surface area contributed by atoms with Crippen LogP contribution in [0.15, 0.2) is 34.2 Å². The van der Waals surface area contributed by atoms with E-state index in [0.29, 0.717) is 0 Å². The van der Waals surface area contributed by atoms with Gasteiger partial charge in [0.15, 0.2) is 5.17 Å². The number of carbonyl (C=O) groups is 1. The third-order valence-electron chi connectivity index (χ3n) is 4.38. The van der Waals surface area contributed by atoms with Gasteiger partial charge in [-0.3, -0.25) is 14.7 Å². The van der Waals surface area contributed by atoms with Crippen molar-refractivity contribution < 1.29 is 4.79 Å². The van der Waals surface area contributed by atoms with Crippen molar-refractivity contribution in [2.75, 3.05) is 18.0 Å². The lowest BCUT2D eigenvalue weighted by atomic mass is 10.1. The first kappa shape index (κ1) is 18.1. The quantitative estimate of drug-likeness (QED) is 0.751. The molecule has 0 radical (unpaired) electrons. The van der Waals surface area contributed by atoms with Gasteiger partial charge in [-0.15, -0.1) is 0 Å². The van der Waals surface area contributed by atoms with Crippen LogP contribution in [-0.2, 0) is 4.79 Å². The van der Waals surface area contributed by atoms with Crippen LogP contribution >= 0.6 is 11.8 Å². The standard InChI is InChI=1S/C20H27N3OS/c1-14(2)21-20-23(15(3)4)19(24)18(25-20)13-16-7-9-17(10-8-16)22-11-5-6-12-22/h7-10,13-15H,5-6,11-12H2,1-4H3/b18-13+,21-20?. The monoisotopic (exact) mass is 357 g/mol. The number of hydrogen-bond donors (Lipinski definition) is 0. The highest BCUT2D eigenvalue weighted by atomic mass is 32.2. The van der Waals surface area contributed by atoms with Crippen LogP contribution in [-0.4, -0.2) is 41.1 Å². The van der Waals surface area contributed by atoms with Gasteiger partial charge in [0.25, 0.3) is 5.91 Å². The molecule has 5 heteroatoms. The fraction of sp³-hybridized carbons (Fsp3) is 0.500. The molecule has 1 aromatic rings. The van der Waals surface area contributed by atoms with Crippen molar-refractivity contribution in [2.24, 2.45) is 4.99 Å². The van der Waals surface area contributed by atoms with Crippen LogP contribution < -0.4 is 4.90 Å². The Labute approximate surface area is 155 Å². The largest absolute Gasteiger partial charge is 0.372 e. The zero-order valence-corrected chi connectivity index (χ0v) is 16.3. The Morgan fingerprint density at radius 3 is 2.28 bits per heavy atom. The summed E-state index contributed by atoms with van der Waals surface area (Å²) in [6, 6.07) is 8.81. The SMILES string of the molecule is CC(C)N=C1S/C(=C/c2ccc(N3CCCC3)cc2)C(=O)N1C(C)C. The molecule has 0 bridgehead atoms. The molecule has 0 aliphatic carbocycles. The van der Waals surface area contributed by atoms with E-state index in [2.05, 4.69) is 34.2 Å². The van der Waals surface area contributed by atoms with Gasteiger partial charge in [-0.1, -0.05) is 12.1 Å². The van der Waals surface area contributed by atoms with E-state index in [1.165, 1.54) is 30.3 Å². The Bertz CT molecular complexity index is 685. The average Bonchev–Trinajstić information content (AvgIpc) is 3.17. The van der Waals surface area contributed by atoms with E-state index in [4.69, 9.17) is 0 Å². The smallest absolute Gasteiger partial charge is 0.266 e. The number of benzene rings is 1. The van der Waals surface area contributed by atoms with Crippen LogP contribution in [0.4, 0.5) is 5.69 Å². The number of anilines is 1. The summed E-state index contributed by atoms with van der Waals surface area (Å²) in [5.41, 5.74) is 2.34. The number of carbonyl (C=O) groups excluding carboxylic acids is 1. The van der Waals surface area contributed by atoms with E-state index in [1.807, 2.05) is 33.8 Å². The molecule has 2 aliphatic heterocycles. The lowest BCUT2D eigenvalue weighted by Gasteiger charge is -2.20. The molecule has 2 aliphatic rings. The Kier molecular flexibility index (Phi) is 5.52. The fourth-order valence-corrected chi connectivity index (χ4v) is 4.39. The van der Waals surface area contributed by atoms with Crippen LogP contribution in [0.3, 0.4) is 0 Å². The van der Waals surface area contributed by atoms with Crippen molar-refractivity contribution in [2.45, 2.75) is 52.6 Å². The normalized spacial score (nSPS) is 21.6. The molecule has 0 spiro atoms. The highest BCUT2D eigenvalue weighted by Crippen LogP contribution is 2.34. The second-order valence-corrected chi connectivity index (χ2v) is 8.18. The van der Waals surface area contributed by atoms with Gasteiger partial charge >= 0.3 is 0 Å². The second-order valence-electron chi connectivity index (χ2n) is 7.17. The molecule has 0 N–H and O–H groups in total. The van der Waals surface area contributed by atoms with Crippen molar-refractivity contribution in [3.8, 4) is 0 Å². The Morgan fingerprint density at radius 1 is 1.08 bits per heavy atom. The number of nitrogens with zero attached hydrogens (tertiary/aromatic N) is 3. The molecule has 2 saturated heterocycles. The summed E-state index contributed by atoms with van der Waals surface area (Å²) < 4.78 is 0. The number of aliphatic imine (C=N–C) groups is 1. The summed E-state index contributed by atoms with van der Waals surface area (Å²) in [6.07, 6.45) is 4.54. The lowest BCUT2D eigenvalue weighted by Crippen LogP contribution is -2.35. The zero-order valence-electron chi connectivity index (χ0n) is 15.5. The molecule has 0 aromatic heterocycles. The molecule has 134 valence electrons. The highest BCUT2D eigenvalue weighted by Gasteiger charge is 2.35. The topological polar surface area (TPSA) is 35.9 Å². The van der Waals surface area contributed by atoms with E-state index in [0.717, 1.165) is 28.7 Å². The van der Waals surface area contributed by atoms with Crippen LogP contribution in [0.2, 0.25) is 0 Å².